The Labute approximate surface area is 123 Å². The number of rotatable bonds is 7. The van der Waals surface area contributed by atoms with Crippen LogP contribution in [0, 0.1) is 5.92 Å². The van der Waals surface area contributed by atoms with E-state index in [4.69, 9.17) is 4.74 Å². The summed E-state index contributed by atoms with van der Waals surface area (Å²) in [4.78, 5) is 18.8. The maximum Gasteiger partial charge on any atom is 0.260 e. The first-order chi connectivity index (χ1) is 10.1. The van der Waals surface area contributed by atoms with Crippen LogP contribution in [0.2, 0.25) is 0 Å². The quantitative estimate of drug-likeness (QED) is 0.717. The lowest BCUT2D eigenvalue weighted by molar-refractivity contribution is 0.0317. The van der Waals surface area contributed by atoms with Crippen LogP contribution in [0.4, 0.5) is 5.95 Å². The molecule has 6 heteroatoms. The third kappa shape index (κ3) is 4.54. The summed E-state index contributed by atoms with van der Waals surface area (Å²) in [5, 5.41) is 13.3. The molecule has 0 radical (unpaired) electrons. The zero-order chi connectivity index (χ0) is 15.2. The van der Waals surface area contributed by atoms with Crippen LogP contribution in [0.1, 0.15) is 13.8 Å². The average Bonchev–Trinajstić information content (AvgIpc) is 2.45. The fourth-order valence-electron chi connectivity index (χ4n) is 1.88. The number of fused-ring (bicyclic) bond motifs is 1. The van der Waals surface area contributed by atoms with Gasteiger partial charge >= 0.3 is 0 Å². The van der Waals surface area contributed by atoms with Crippen LogP contribution < -0.4 is 10.9 Å². The molecular weight excluding hydrogens is 270 g/mol. The SMILES string of the molecule is CC(C)COCC(O)CNc1nc2ccccc2c(=O)[nH]1. The topological polar surface area (TPSA) is 87.2 Å². The first kappa shape index (κ1) is 15.5. The monoisotopic (exact) mass is 291 g/mol. The van der Waals surface area contributed by atoms with Gasteiger partial charge in [-0.25, -0.2) is 4.98 Å². The van der Waals surface area contributed by atoms with Crippen LogP contribution in [0.15, 0.2) is 29.1 Å². The summed E-state index contributed by atoms with van der Waals surface area (Å²) in [6, 6.07) is 7.12. The highest BCUT2D eigenvalue weighted by molar-refractivity contribution is 5.78. The molecule has 0 spiro atoms. The molecule has 1 heterocycles. The van der Waals surface area contributed by atoms with Gasteiger partial charge in [-0.1, -0.05) is 26.0 Å². The molecule has 1 unspecified atom stereocenters. The molecule has 0 aliphatic rings. The van der Waals surface area contributed by atoms with E-state index in [-0.39, 0.29) is 18.7 Å². The van der Waals surface area contributed by atoms with Gasteiger partial charge in [-0.05, 0) is 18.1 Å². The number of anilines is 1. The van der Waals surface area contributed by atoms with E-state index in [2.05, 4.69) is 15.3 Å². The van der Waals surface area contributed by atoms with Crippen LogP contribution in [0.5, 0.6) is 0 Å². The molecule has 0 amide bonds. The molecule has 1 aromatic heterocycles. The van der Waals surface area contributed by atoms with Crippen LogP contribution in [-0.4, -0.2) is 40.9 Å². The van der Waals surface area contributed by atoms with Crippen molar-refractivity contribution < 1.29 is 9.84 Å². The van der Waals surface area contributed by atoms with Crippen molar-refractivity contribution in [2.45, 2.75) is 20.0 Å². The predicted molar refractivity (Wildman–Crippen MR) is 82.5 cm³/mol. The Bertz CT molecular complexity index is 639. The standard InChI is InChI=1S/C15H21N3O3/c1-10(2)8-21-9-11(19)7-16-15-17-13-6-4-3-5-12(13)14(20)18-15/h3-6,10-11,19H,7-9H2,1-2H3,(H2,16,17,18,20). The largest absolute Gasteiger partial charge is 0.389 e. The highest BCUT2D eigenvalue weighted by Gasteiger charge is 2.07. The number of benzene rings is 1. The summed E-state index contributed by atoms with van der Waals surface area (Å²) in [5.41, 5.74) is 0.419. The van der Waals surface area contributed by atoms with Crippen molar-refractivity contribution in [1.29, 1.82) is 0 Å². The lowest BCUT2D eigenvalue weighted by Crippen LogP contribution is -2.27. The first-order valence-electron chi connectivity index (χ1n) is 7.05. The number of H-pyrrole nitrogens is 1. The molecule has 114 valence electrons. The number of para-hydroxylation sites is 1. The summed E-state index contributed by atoms with van der Waals surface area (Å²) in [7, 11) is 0. The molecule has 0 bridgehead atoms. The smallest absolute Gasteiger partial charge is 0.260 e. The van der Waals surface area contributed by atoms with E-state index in [1.165, 1.54) is 0 Å². The Kier molecular flexibility index (Phi) is 5.30. The van der Waals surface area contributed by atoms with Crippen LogP contribution in [0.3, 0.4) is 0 Å². The van der Waals surface area contributed by atoms with Crippen molar-refractivity contribution in [2.24, 2.45) is 5.92 Å². The number of nitrogens with zero attached hydrogens (tertiary/aromatic N) is 1. The Morgan fingerprint density at radius 1 is 1.33 bits per heavy atom. The Morgan fingerprint density at radius 3 is 2.86 bits per heavy atom. The van der Waals surface area contributed by atoms with E-state index in [0.29, 0.717) is 29.4 Å². The molecule has 2 aromatic rings. The molecule has 0 saturated heterocycles. The minimum absolute atomic E-state index is 0.200. The summed E-state index contributed by atoms with van der Waals surface area (Å²) >= 11 is 0. The van der Waals surface area contributed by atoms with Gasteiger partial charge < -0.3 is 15.2 Å². The summed E-state index contributed by atoms with van der Waals surface area (Å²) in [6.45, 7) is 5.23. The number of hydrogen-bond donors (Lipinski definition) is 3. The second kappa shape index (κ2) is 7.19. The Morgan fingerprint density at radius 2 is 2.10 bits per heavy atom. The minimum Gasteiger partial charge on any atom is -0.389 e. The second-order valence-electron chi connectivity index (χ2n) is 5.40. The highest BCUT2D eigenvalue weighted by Crippen LogP contribution is 2.07. The van der Waals surface area contributed by atoms with Gasteiger partial charge in [0.1, 0.15) is 0 Å². The van der Waals surface area contributed by atoms with E-state index in [0.717, 1.165) is 0 Å². The molecular formula is C15H21N3O3. The molecule has 3 N–H and O–H groups in total. The maximum atomic E-state index is 11.9. The van der Waals surface area contributed by atoms with Gasteiger partial charge in [0.25, 0.3) is 5.56 Å². The van der Waals surface area contributed by atoms with Gasteiger partial charge in [-0.15, -0.1) is 0 Å². The summed E-state index contributed by atoms with van der Waals surface area (Å²) < 4.78 is 5.36. The van der Waals surface area contributed by atoms with E-state index in [1.54, 1.807) is 18.2 Å². The van der Waals surface area contributed by atoms with Crippen LogP contribution in [0.25, 0.3) is 10.9 Å². The third-order valence-electron chi connectivity index (χ3n) is 2.88. The van der Waals surface area contributed by atoms with Crippen molar-refractivity contribution in [2.75, 3.05) is 25.1 Å². The highest BCUT2D eigenvalue weighted by atomic mass is 16.5. The zero-order valence-electron chi connectivity index (χ0n) is 12.3. The lowest BCUT2D eigenvalue weighted by atomic mass is 10.2. The molecule has 21 heavy (non-hydrogen) atoms. The van der Waals surface area contributed by atoms with Crippen LogP contribution >= 0.6 is 0 Å². The molecule has 1 aromatic carbocycles. The molecule has 1 atom stereocenters. The van der Waals surface area contributed by atoms with Crippen molar-refractivity contribution in [1.82, 2.24) is 9.97 Å². The van der Waals surface area contributed by atoms with Gasteiger partial charge in [0.15, 0.2) is 0 Å². The summed E-state index contributed by atoms with van der Waals surface area (Å²) in [6.07, 6.45) is -0.652. The van der Waals surface area contributed by atoms with E-state index >= 15 is 0 Å². The van der Waals surface area contributed by atoms with Crippen molar-refractivity contribution in [3.8, 4) is 0 Å². The van der Waals surface area contributed by atoms with Gasteiger partial charge in [-0.3, -0.25) is 9.78 Å². The molecule has 0 aliphatic heterocycles. The van der Waals surface area contributed by atoms with E-state index < -0.39 is 6.10 Å². The fraction of sp³-hybridized carbons (Fsp3) is 0.467. The Balaban J connectivity index is 1.93. The number of aliphatic hydroxyl groups is 1. The molecule has 0 aliphatic carbocycles. The van der Waals surface area contributed by atoms with Gasteiger partial charge in [-0.2, -0.15) is 0 Å². The first-order valence-corrected chi connectivity index (χ1v) is 7.05. The lowest BCUT2D eigenvalue weighted by Gasteiger charge is -2.13. The number of aromatic amines is 1. The van der Waals surface area contributed by atoms with Crippen molar-refractivity contribution >= 4 is 16.9 Å². The number of nitrogens with one attached hydrogen (secondary N) is 2. The number of aromatic nitrogens is 2. The van der Waals surface area contributed by atoms with Gasteiger partial charge in [0, 0.05) is 13.2 Å². The fourth-order valence-corrected chi connectivity index (χ4v) is 1.88. The molecule has 0 saturated carbocycles. The van der Waals surface area contributed by atoms with Gasteiger partial charge in [0.05, 0.1) is 23.6 Å². The predicted octanol–water partition coefficient (Wildman–Crippen LogP) is 1.37. The number of hydrogen-bond acceptors (Lipinski definition) is 5. The molecule has 0 fully saturated rings. The Hall–Kier alpha value is -1.92. The molecule has 2 rings (SSSR count). The van der Waals surface area contributed by atoms with Gasteiger partial charge in [0.2, 0.25) is 5.95 Å². The minimum atomic E-state index is -0.652. The van der Waals surface area contributed by atoms with E-state index in [1.807, 2.05) is 19.9 Å². The zero-order valence-corrected chi connectivity index (χ0v) is 12.3. The van der Waals surface area contributed by atoms with Crippen molar-refractivity contribution in [3.63, 3.8) is 0 Å². The average molecular weight is 291 g/mol. The number of ether oxygens (including phenoxy) is 1. The summed E-state index contributed by atoms with van der Waals surface area (Å²) in [5.74, 6) is 0.783. The normalized spacial score (nSPS) is 12.8. The van der Waals surface area contributed by atoms with Crippen LogP contribution in [-0.2, 0) is 4.74 Å². The van der Waals surface area contributed by atoms with Crippen molar-refractivity contribution in [3.05, 3.63) is 34.6 Å². The maximum absolute atomic E-state index is 11.9. The second-order valence-corrected chi connectivity index (χ2v) is 5.40. The number of aliphatic hydroxyl groups excluding tert-OH is 1. The van der Waals surface area contributed by atoms with E-state index in [9.17, 15) is 9.90 Å². The third-order valence-corrected chi connectivity index (χ3v) is 2.88. The molecule has 6 nitrogen and oxygen atoms in total.